The number of ether oxygens (including phenoxy) is 1. The van der Waals surface area contributed by atoms with Gasteiger partial charge in [-0.2, -0.15) is 0 Å². The molecule has 2 fully saturated rings. The lowest BCUT2D eigenvalue weighted by atomic mass is 9.95. The third-order valence-electron chi connectivity index (χ3n) is 6.71. The van der Waals surface area contributed by atoms with Crippen molar-refractivity contribution in [3.8, 4) is 5.75 Å². The predicted octanol–water partition coefficient (Wildman–Crippen LogP) is 5.03. The molecule has 0 aromatic heterocycles. The maximum Gasteiger partial charge on any atom is 0.225 e. The second kappa shape index (κ2) is 12.1. The maximum atomic E-state index is 13.1. The predicted molar refractivity (Wildman–Crippen MR) is 124 cm³/mol. The number of rotatable bonds is 12. The van der Waals surface area contributed by atoms with Gasteiger partial charge < -0.3 is 14.5 Å². The Kier molecular flexibility index (Phi) is 9.23. The van der Waals surface area contributed by atoms with Gasteiger partial charge in [0.25, 0.3) is 0 Å². The van der Waals surface area contributed by atoms with E-state index in [1.807, 2.05) is 12.1 Å². The van der Waals surface area contributed by atoms with Crippen molar-refractivity contribution in [1.82, 2.24) is 9.80 Å². The lowest BCUT2D eigenvalue weighted by molar-refractivity contribution is -0.136. The quantitative estimate of drug-likeness (QED) is 0.439. The van der Waals surface area contributed by atoms with Crippen LogP contribution in [0.15, 0.2) is 24.3 Å². The SMILES string of the molecule is CCCCCCCC(=O)N(Cc1ccc(OC)cc1)CC1CCN(C(=O)C2CC2)CC1. The van der Waals surface area contributed by atoms with Crippen LogP contribution in [0.3, 0.4) is 0 Å². The molecule has 31 heavy (non-hydrogen) atoms. The zero-order valence-electron chi connectivity index (χ0n) is 19.5. The fourth-order valence-corrected chi connectivity index (χ4v) is 4.48. The highest BCUT2D eigenvalue weighted by molar-refractivity contribution is 5.81. The number of carbonyl (C=O) groups is 2. The van der Waals surface area contributed by atoms with Crippen molar-refractivity contribution < 1.29 is 14.3 Å². The number of unbranched alkanes of at least 4 members (excludes halogenated alkanes) is 4. The van der Waals surface area contributed by atoms with Crippen LogP contribution in [0.1, 0.15) is 76.7 Å². The first kappa shape index (κ1) is 23.6. The molecule has 0 N–H and O–H groups in total. The minimum Gasteiger partial charge on any atom is -0.497 e. The Morgan fingerprint density at radius 3 is 2.29 bits per heavy atom. The second-order valence-electron chi connectivity index (χ2n) is 9.33. The van der Waals surface area contributed by atoms with Gasteiger partial charge in [0.05, 0.1) is 7.11 Å². The fourth-order valence-electron chi connectivity index (χ4n) is 4.48. The normalized spacial score (nSPS) is 16.9. The number of amides is 2. The molecule has 1 aromatic carbocycles. The van der Waals surface area contributed by atoms with E-state index in [-0.39, 0.29) is 5.91 Å². The maximum absolute atomic E-state index is 13.1. The Labute approximate surface area is 188 Å². The molecule has 1 saturated carbocycles. The van der Waals surface area contributed by atoms with Crippen LogP contribution in [0.5, 0.6) is 5.75 Å². The van der Waals surface area contributed by atoms with Crippen molar-refractivity contribution in [3.63, 3.8) is 0 Å². The lowest BCUT2D eigenvalue weighted by Gasteiger charge is -2.35. The second-order valence-corrected chi connectivity index (χ2v) is 9.33. The van der Waals surface area contributed by atoms with E-state index in [9.17, 15) is 9.59 Å². The van der Waals surface area contributed by atoms with Crippen molar-refractivity contribution in [3.05, 3.63) is 29.8 Å². The molecular weight excluding hydrogens is 388 g/mol. The zero-order chi connectivity index (χ0) is 22.1. The molecule has 0 bridgehead atoms. The number of methoxy groups -OCH3 is 1. The molecule has 3 rings (SSSR count). The molecule has 1 saturated heterocycles. The van der Waals surface area contributed by atoms with Crippen LogP contribution >= 0.6 is 0 Å². The van der Waals surface area contributed by atoms with Gasteiger partial charge in [-0.25, -0.2) is 0 Å². The Morgan fingerprint density at radius 1 is 1.00 bits per heavy atom. The van der Waals surface area contributed by atoms with E-state index in [2.05, 4.69) is 28.9 Å². The molecular formula is C26H40N2O3. The standard InChI is InChI=1S/C26H40N2O3/c1-3-4-5-6-7-8-25(29)28(19-21-9-13-24(31-2)14-10-21)20-22-15-17-27(18-16-22)26(30)23-11-12-23/h9-10,13-14,22-23H,3-8,11-12,15-20H2,1-2H3. The van der Waals surface area contributed by atoms with Crippen molar-refractivity contribution in [2.75, 3.05) is 26.7 Å². The average molecular weight is 429 g/mol. The summed E-state index contributed by atoms with van der Waals surface area (Å²) >= 11 is 0. The van der Waals surface area contributed by atoms with Crippen molar-refractivity contribution in [2.45, 2.75) is 77.7 Å². The highest BCUT2D eigenvalue weighted by Gasteiger charge is 2.35. The number of benzene rings is 1. The highest BCUT2D eigenvalue weighted by atomic mass is 16.5. The molecule has 1 aromatic rings. The van der Waals surface area contributed by atoms with Gasteiger partial charge in [0.1, 0.15) is 5.75 Å². The third-order valence-corrected chi connectivity index (χ3v) is 6.71. The molecule has 2 amide bonds. The van der Waals surface area contributed by atoms with E-state index in [0.717, 1.165) is 69.5 Å². The molecule has 0 atom stereocenters. The summed E-state index contributed by atoms with van der Waals surface area (Å²) in [5, 5.41) is 0. The molecule has 0 radical (unpaired) electrons. The van der Waals surface area contributed by atoms with E-state index >= 15 is 0 Å². The minimum atomic E-state index is 0.267. The van der Waals surface area contributed by atoms with Crippen LogP contribution in [0, 0.1) is 11.8 Å². The number of hydrogen-bond donors (Lipinski definition) is 0. The number of nitrogens with zero attached hydrogens (tertiary/aromatic N) is 2. The van der Waals surface area contributed by atoms with Gasteiger partial charge in [-0.3, -0.25) is 9.59 Å². The van der Waals surface area contributed by atoms with Crippen molar-refractivity contribution >= 4 is 11.8 Å². The van der Waals surface area contributed by atoms with Crippen LogP contribution in [-0.2, 0) is 16.1 Å². The molecule has 1 aliphatic heterocycles. The zero-order valence-corrected chi connectivity index (χ0v) is 19.5. The van der Waals surface area contributed by atoms with E-state index in [1.54, 1.807) is 7.11 Å². The first-order valence-corrected chi connectivity index (χ1v) is 12.3. The summed E-state index contributed by atoms with van der Waals surface area (Å²) < 4.78 is 5.27. The number of carbonyl (C=O) groups excluding carboxylic acids is 2. The Balaban J connectivity index is 1.53. The fraction of sp³-hybridized carbons (Fsp3) is 0.692. The minimum absolute atomic E-state index is 0.267. The largest absolute Gasteiger partial charge is 0.497 e. The van der Waals surface area contributed by atoms with E-state index in [1.165, 1.54) is 19.3 Å². The van der Waals surface area contributed by atoms with Crippen LogP contribution in [0.25, 0.3) is 0 Å². The molecule has 1 aliphatic carbocycles. The van der Waals surface area contributed by atoms with Gasteiger partial charge >= 0.3 is 0 Å². The van der Waals surface area contributed by atoms with Crippen LogP contribution in [0.2, 0.25) is 0 Å². The van der Waals surface area contributed by atoms with Crippen LogP contribution in [0.4, 0.5) is 0 Å². The van der Waals surface area contributed by atoms with Crippen molar-refractivity contribution in [1.29, 1.82) is 0 Å². The summed E-state index contributed by atoms with van der Waals surface area (Å²) in [6, 6.07) is 8.03. The summed E-state index contributed by atoms with van der Waals surface area (Å²) in [6.07, 6.45) is 10.6. The van der Waals surface area contributed by atoms with E-state index in [4.69, 9.17) is 4.74 Å². The third kappa shape index (κ3) is 7.55. The van der Waals surface area contributed by atoms with Crippen LogP contribution in [-0.4, -0.2) is 48.4 Å². The first-order chi connectivity index (χ1) is 15.1. The summed E-state index contributed by atoms with van der Waals surface area (Å²) in [5.74, 6) is 2.24. The topological polar surface area (TPSA) is 49.9 Å². The lowest BCUT2D eigenvalue weighted by Crippen LogP contribution is -2.43. The van der Waals surface area contributed by atoms with Gasteiger partial charge in [0.2, 0.25) is 11.8 Å². The molecule has 5 nitrogen and oxygen atoms in total. The molecule has 0 spiro atoms. The highest BCUT2D eigenvalue weighted by Crippen LogP contribution is 2.32. The number of hydrogen-bond acceptors (Lipinski definition) is 3. The van der Waals surface area contributed by atoms with Gasteiger partial charge in [0.15, 0.2) is 0 Å². The number of likely N-dealkylation sites (tertiary alicyclic amines) is 1. The van der Waals surface area contributed by atoms with Gasteiger partial charge in [0, 0.05) is 38.5 Å². The summed E-state index contributed by atoms with van der Waals surface area (Å²) in [5.41, 5.74) is 1.14. The Morgan fingerprint density at radius 2 is 1.68 bits per heavy atom. The van der Waals surface area contributed by atoms with Crippen molar-refractivity contribution in [2.24, 2.45) is 11.8 Å². The smallest absolute Gasteiger partial charge is 0.225 e. The first-order valence-electron chi connectivity index (χ1n) is 12.3. The Hall–Kier alpha value is -2.04. The van der Waals surface area contributed by atoms with Gasteiger partial charge in [-0.05, 0) is 55.7 Å². The summed E-state index contributed by atoms with van der Waals surface area (Å²) in [4.78, 5) is 29.5. The number of piperidine rings is 1. The average Bonchev–Trinajstić information content (AvgIpc) is 3.64. The summed E-state index contributed by atoms with van der Waals surface area (Å²) in [7, 11) is 1.67. The Bertz CT molecular complexity index is 691. The molecule has 5 heteroatoms. The van der Waals surface area contributed by atoms with E-state index in [0.29, 0.717) is 30.7 Å². The molecule has 172 valence electrons. The molecule has 1 heterocycles. The van der Waals surface area contributed by atoms with E-state index < -0.39 is 0 Å². The van der Waals surface area contributed by atoms with Crippen LogP contribution < -0.4 is 4.74 Å². The molecule has 0 unspecified atom stereocenters. The monoisotopic (exact) mass is 428 g/mol. The molecule has 2 aliphatic rings. The van der Waals surface area contributed by atoms with Gasteiger partial charge in [-0.15, -0.1) is 0 Å². The summed E-state index contributed by atoms with van der Waals surface area (Å²) in [6.45, 7) is 5.36. The van der Waals surface area contributed by atoms with Gasteiger partial charge in [-0.1, -0.05) is 44.7 Å².